The summed E-state index contributed by atoms with van der Waals surface area (Å²) in [5.41, 5.74) is 5.05. The lowest BCUT2D eigenvalue weighted by atomic mass is 9.94. The smallest absolute Gasteiger partial charge is 0.310 e. The molecule has 5 nitrogen and oxygen atoms in total. The first-order valence-electron chi connectivity index (χ1n) is 14.4. The molecule has 43 heavy (non-hydrogen) atoms. The molecule has 0 saturated heterocycles. The highest BCUT2D eigenvalue weighted by atomic mass is 16.3. The van der Waals surface area contributed by atoms with Gasteiger partial charge in [-0.2, -0.15) is 4.98 Å². The van der Waals surface area contributed by atoms with Crippen LogP contribution in [0.25, 0.3) is 87.7 Å². The zero-order chi connectivity index (χ0) is 28.2. The van der Waals surface area contributed by atoms with Gasteiger partial charge in [0.15, 0.2) is 0 Å². The van der Waals surface area contributed by atoms with Gasteiger partial charge < -0.3 is 8.98 Å². The van der Waals surface area contributed by atoms with Crippen LogP contribution in [-0.4, -0.2) is 14.0 Å². The van der Waals surface area contributed by atoms with Gasteiger partial charge in [-0.3, -0.25) is 4.79 Å². The summed E-state index contributed by atoms with van der Waals surface area (Å²) < 4.78 is 9.99. The van der Waals surface area contributed by atoms with E-state index >= 15 is 0 Å². The Labute approximate surface area is 243 Å². The van der Waals surface area contributed by atoms with Gasteiger partial charge in [-0.15, -0.1) is 0 Å². The van der Waals surface area contributed by atoms with Gasteiger partial charge in [0, 0.05) is 16.5 Å². The van der Waals surface area contributed by atoms with Crippen molar-refractivity contribution in [1.82, 2.24) is 14.0 Å². The first kappa shape index (κ1) is 22.7. The summed E-state index contributed by atoms with van der Waals surface area (Å²) in [4.78, 5) is 18.4. The molecule has 200 valence electrons. The van der Waals surface area contributed by atoms with Crippen molar-refractivity contribution in [3.63, 3.8) is 0 Å². The van der Waals surface area contributed by atoms with Crippen LogP contribution in [-0.2, 0) is 0 Å². The number of imidazole rings is 1. The summed E-state index contributed by atoms with van der Waals surface area (Å²) in [6, 6.07) is 44.0. The maximum absolute atomic E-state index is 13.6. The van der Waals surface area contributed by atoms with Crippen LogP contribution < -0.4 is 5.56 Å². The molecule has 0 fully saturated rings. The quantitative estimate of drug-likeness (QED) is 0.191. The monoisotopic (exact) mass is 551 g/mol. The molecule has 5 heteroatoms. The SMILES string of the molecule is O=c1c2ccccc2oc2nc3cc4c(cc3n12)c1ccccc1n4-c1ccc2c3ccccc3c3ccccc3c2c1. The Morgan fingerprint density at radius 3 is 1.84 bits per heavy atom. The minimum Gasteiger partial charge on any atom is -0.424 e. The Bertz CT molecular complexity index is 2840. The maximum atomic E-state index is 13.6. The zero-order valence-electron chi connectivity index (χ0n) is 22.8. The molecule has 0 saturated carbocycles. The molecule has 7 aromatic carbocycles. The summed E-state index contributed by atoms with van der Waals surface area (Å²) in [5.74, 6) is 0.297. The van der Waals surface area contributed by atoms with Crippen LogP contribution in [0.3, 0.4) is 0 Å². The second-order valence-electron chi connectivity index (χ2n) is 11.2. The van der Waals surface area contributed by atoms with Gasteiger partial charge in [-0.1, -0.05) is 84.9 Å². The van der Waals surface area contributed by atoms with Gasteiger partial charge in [0.2, 0.25) is 0 Å². The van der Waals surface area contributed by atoms with Crippen LogP contribution in [0.5, 0.6) is 0 Å². The van der Waals surface area contributed by atoms with E-state index in [4.69, 9.17) is 9.40 Å². The van der Waals surface area contributed by atoms with Crippen LogP contribution >= 0.6 is 0 Å². The third kappa shape index (κ3) is 2.95. The predicted octanol–water partition coefficient (Wildman–Crippen LogP) is 9.15. The second-order valence-corrected chi connectivity index (χ2v) is 11.2. The number of fused-ring (bicyclic) bond motifs is 13. The van der Waals surface area contributed by atoms with E-state index < -0.39 is 0 Å². The summed E-state index contributed by atoms with van der Waals surface area (Å²) >= 11 is 0. The minimum atomic E-state index is -0.129. The molecule has 10 aromatic rings. The number of nitrogens with zero attached hydrogens (tertiary/aromatic N) is 3. The standard InChI is InChI=1S/C38H21N3O2/c42-37-29-14-6-8-16-36(29)43-38-39-32-21-34-31(20-35(32)41(37)38)28-13-5-7-15-33(28)40(34)22-17-18-27-25-11-2-1-9-23(25)24-10-3-4-12-26(24)30(27)19-22/h1-21H. The topological polar surface area (TPSA) is 52.4 Å². The molecule has 0 bridgehead atoms. The average Bonchev–Trinajstić information content (AvgIpc) is 3.58. The molecule has 0 aliphatic rings. The van der Waals surface area contributed by atoms with E-state index in [1.807, 2.05) is 12.1 Å². The average molecular weight is 552 g/mol. The molecule has 0 amide bonds. The maximum Gasteiger partial charge on any atom is 0.310 e. The van der Waals surface area contributed by atoms with Crippen LogP contribution in [0.2, 0.25) is 0 Å². The van der Waals surface area contributed by atoms with Gasteiger partial charge in [0.05, 0.1) is 27.5 Å². The molecule has 0 N–H and O–H groups in total. The highest BCUT2D eigenvalue weighted by molar-refractivity contribution is 6.25. The Morgan fingerprint density at radius 1 is 0.488 bits per heavy atom. The van der Waals surface area contributed by atoms with Gasteiger partial charge in [-0.25, -0.2) is 4.40 Å². The van der Waals surface area contributed by atoms with Gasteiger partial charge in [0.25, 0.3) is 5.56 Å². The van der Waals surface area contributed by atoms with E-state index in [1.165, 1.54) is 32.3 Å². The summed E-state index contributed by atoms with van der Waals surface area (Å²) in [5, 5.41) is 10.2. The van der Waals surface area contributed by atoms with Gasteiger partial charge >= 0.3 is 5.84 Å². The fourth-order valence-electron chi connectivity index (χ4n) is 7.05. The Morgan fingerprint density at radius 2 is 1.09 bits per heavy atom. The van der Waals surface area contributed by atoms with Crippen molar-refractivity contribution in [1.29, 1.82) is 0 Å². The van der Waals surface area contributed by atoms with Crippen molar-refractivity contribution in [3.8, 4) is 5.69 Å². The lowest BCUT2D eigenvalue weighted by Gasteiger charge is -2.13. The van der Waals surface area contributed by atoms with E-state index in [1.54, 1.807) is 16.5 Å². The third-order valence-electron chi connectivity index (χ3n) is 8.92. The number of rotatable bonds is 1. The molecule has 3 heterocycles. The molecule has 0 radical (unpaired) electrons. The Hall–Kier alpha value is -5.94. The van der Waals surface area contributed by atoms with E-state index in [0.29, 0.717) is 22.3 Å². The summed E-state index contributed by atoms with van der Waals surface area (Å²) in [6.07, 6.45) is 0. The number of aromatic nitrogens is 3. The van der Waals surface area contributed by atoms with Crippen LogP contribution in [0.1, 0.15) is 0 Å². The van der Waals surface area contributed by atoms with E-state index in [-0.39, 0.29) is 5.56 Å². The molecule has 0 atom stereocenters. The predicted molar refractivity (Wildman–Crippen MR) is 176 cm³/mol. The van der Waals surface area contributed by atoms with Crippen molar-refractivity contribution in [2.45, 2.75) is 0 Å². The minimum absolute atomic E-state index is 0.129. The molecular weight excluding hydrogens is 530 g/mol. The molecular formula is C38H21N3O2. The third-order valence-corrected chi connectivity index (χ3v) is 8.92. The van der Waals surface area contributed by atoms with E-state index in [0.717, 1.165) is 33.0 Å². The fourth-order valence-corrected chi connectivity index (χ4v) is 7.05. The van der Waals surface area contributed by atoms with E-state index in [9.17, 15) is 4.79 Å². The summed E-state index contributed by atoms with van der Waals surface area (Å²) in [6.45, 7) is 0. The summed E-state index contributed by atoms with van der Waals surface area (Å²) in [7, 11) is 0. The Balaban J connectivity index is 1.33. The highest BCUT2D eigenvalue weighted by Gasteiger charge is 2.19. The first-order chi connectivity index (χ1) is 21.2. The van der Waals surface area contributed by atoms with Crippen molar-refractivity contribution < 1.29 is 4.42 Å². The molecule has 3 aromatic heterocycles. The zero-order valence-corrected chi connectivity index (χ0v) is 22.8. The molecule has 0 aliphatic heterocycles. The number of hydrogen-bond acceptors (Lipinski definition) is 3. The highest BCUT2D eigenvalue weighted by Crippen LogP contribution is 2.39. The number of hydrogen-bond donors (Lipinski definition) is 0. The molecule has 0 spiro atoms. The lowest BCUT2D eigenvalue weighted by Crippen LogP contribution is -2.12. The normalized spacial score (nSPS) is 12.3. The molecule has 10 rings (SSSR count). The number of benzene rings is 7. The van der Waals surface area contributed by atoms with Crippen LogP contribution in [0, 0.1) is 0 Å². The fraction of sp³-hybridized carbons (Fsp3) is 0. The largest absolute Gasteiger partial charge is 0.424 e. The van der Waals surface area contributed by atoms with Crippen molar-refractivity contribution in [3.05, 3.63) is 138 Å². The second kappa shape index (κ2) is 8.08. The molecule has 0 unspecified atom stereocenters. The lowest BCUT2D eigenvalue weighted by molar-refractivity contribution is 0.616. The number of para-hydroxylation sites is 2. The first-order valence-corrected chi connectivity index (χ1v) is 14.4. The van der Waals surface area contributed by atoms with Gasteiger partial charge in [-0.05, 0) is 74.8 Å². The van der Waals surface area contributed by atoms with Crippen molar-refractivity contribution in [2.75, 3.05) is 0 Å². The Kier molecular flexibility index (Phi) is 4.27. The van der Waals surface area contributed by atoms with Gasteiger partial charge in [0.1, 0.15) is 5.58 Å². The van der Waals surface area contributed by atoms with Crippen LogP contribution in [0.15, 0.2) is 137 Å². The van der Waals surface area contributed by atoms with Crippen molar-refractivity contribution in [2.24, 2.45) is 0 Å². The molecule has 0 aliphatic carbocycles. The van der Waals surface area contributed by atoms with Crippen LogP contribution in [0.4, 0.5) is 0 Å². The van der Waals surface area contributed by atoms with E-state index in [2.05, 4.69) is 108 Å². The van der Waals surface area contributed by atoms with Crippen molar-refractivity contribution >= 4 is 82.0 Å².